The molecule has 3 nitrogen and oxygen atoms in total. The van der Waals surface area contributed by atoms with Crippen molar-refractivity contribution in [1.82, 2.24) is 4.90 Å². The van der Waals surface area contributed by atoms with E-state index in [4.69, 9.17) is 27.9 Å². The number of morpholine rings is 1. The Bertz CT molecular complexity index is 711. The van der Waals surface area contributed by atoms with Gasteiger partial charge in [0, 0.05) is 30.3 Å². The molecular weight excluding hydrogens is 365 g/mol. The number of hydrogen-bond acceptors (Lipinski definition) is 3. The third-order valence-corrected chi connectivity index (χ3v) is 6.16. The lowest BCUT2D eigenvalue weighted by Crippen LogP contribution is -2.40. The highest BCUT2D eigenvalue weighted by molar-refractivity contribution is 7.85. The molecule has 24 heavy (non-hydrogen) atoms. The van der Waals surface area contributed by atoms with Gasteiger partial charge in [0.1, 0.15) is 0 Å². The minimum Gasteiger partial charge on any atom is -0.371 e. The number of ether oxygens (including phenoxy) is 1. The first kappa shape index (κ1) is 17.9. The zero-order chi connectivity index (χ0) is 16.9. The van der Waals surface area contributed by atoms with Crippen LogP contribution >= 0.6 is 23.2 Å². The van der Waals surface area contributed by atoms with Gasteiger partial charge in [-0.1, -0.05) is 47.5 Å². The van der Waals surface area contributed by atoms with Crippen molar-refractivity contribution >= 4 is 34.0 Å². The minimum atomic E-state index is -0.969. The molecule has 0 aliphatic carbocycles. The summed E-state index contributed by atoms with van der Waals surface area (Å²) in [6.45, 7) is 3.05. The van der Waals surface area contributed by atoms with Gasteiger partial charge in [0.25, 0.3) is 0 Å². The molecule has 0 amide bonds. The van der Waals surface area contributed by atoms with Gasteiger partial charge in [-0.15, -0.1) is 0 Å². The van der Waals surface area contributed by atoms with Crippen molar-refractivity contribution in [3.05, 3.63) is 64.1 Å². The molecule has 128 valence electrons. The van der Waals surface area contributed by atoms with Gasteiger partial charge >= 0.3 is 0 Å². The van der Waals surface area contributed by atoms with Gasteiger partial charge in [-0.05, 0) is 29.8 Å². The summed E-state index contributed by atoms with van der Waals surface area (Å²) >= 11 is 12.1. The van der Waals surface area contributed by atoms with E-state index in [1.165, 1.54) is 0 Å². The SMILES string of the molecule is O=S(CCN1CCOC(c2ccc(Cl)c(Cl)c2)C1)c1ccccc1. The summed E-state index contributed by atoms with van der Waals surface area (Å²) in [6, 6.07) is 15.2. The van der Waals surface area contributed by atoms with Crippen LogP contribution in [0, 0.1) is 0 Å². The monoisotopic (exact) mass is 383 g/mol. The Balaban J connectivity index is 1.57. The lowest BCUT2D eigenvalue weighted by Gasteiger charge is -2.33. The Morgan fingerprint density at radius 1 is 1.12 bits per heavy atom. The fraction of sp³-hybridized carbons (Fsp3) is 0.333. The summed E-state index contributed by atoms with van der Waals surface area (Å²) in [5, 5.41) is 1.09. The van der Waals surface area contributed by atoms with E-state index in [-0.39, 0.29) is 6.10 Å². The normalized spacial score (nSPS) is 20.0. The molecule has 0 aromatic heterocycles. The first-order valence-electron chi connectivity index (χ1n) is 7.86. The molecule has 2 atom stereocenters. The van der Waals surface area contributed by atoms with E-state index in [1.54, 1.807) is 6.07 Å². The number of halogens is 2. The van der Waals surface area contributed by atoms with Crippen LogP contribution in [0.4, 0.5) is 0 Å². The molecule has 0 bridgehead atoms. The molecule has 6 heteroatoms. The fourth-order valence-electron chi connectivity index (χ4n) is 2.72. The molecule has 2 aromatic carbocycles. The average Bonchev–Trinajstić information content (AvgIpc) is 2.63. The van der Waals surface area contributed by atoms with Gasteiger partial charge in [0.2, 0.25) is 0 Å². The van der Waals surface area contributed by atoms with Gasteiger partial charge in [0.05, 0.1) is 33.6 Å². The smallest absolute Gasteiger partial charge is 0.0952 e. The highest BCUT2D eigenvalue weighted by Gasteiger charge is 2.22. The van der Waals surface area contributed by atoms with E-state index in [0.717, 1.165) is 30.1 Å². The van der Waals surface area contributed by atoms with Crippen LogP contribution in [-0.4, -0.2) is 41.1 Å². The predicted molar refractivity (Wildman–Crippen MR) is 99.3 cm³/mol. The van der Waals surface area contributed by atoms with Crippen LogP contribution in [0.3, 0.4) is 0 Å². The van der Waals surface area contributed by atoms with Crippen molar-refractivity contribution in [3.8, 4) is 0 Å². The van der Waals surface area contributed by atoms with Crippen LogP contribution < -0.4 is 0 Å². The quantitative estimate of drug-likeness (QED) is 0.775. The molecule has 1 aliphatic rings. The van der Waals surface area contributed by atoms with Crippen LogP contribution in [0.1, 0.15) is 11.7 Å². The Morgan fingerprint density at radius 3 is 2.67 bits per heavy atom. The zero-order valence-electron chi connectivity index (χ0n) is 13.2. The Kier molecular flexibility index (Phi) is 6.31. The molecule has 2 aromatic rings. The number of nitrogens with zero attached hydrogens (tertiary/aromatic N) is 1. The van der Waals surface area contributed by atoms with Crippen LogP contribution in [0.5, 0.6) is 0 Å². The molecule has 1 heterocycles. The van der Waals surface area contributed by atoms with Crippen molar-refractivity contribution in [2.75, 3.05) is 32.0 Å². The van der Waals surface area contributed by atoms with Crippen molar-refractivity contribution in [3.63, 3.8) is 0 Å². The van der Waals surface area contributed by atoms with Gasteiger partial charge < -0.3 is 4.74 Å². The molecular formula is C18H19Cl2NO2S. The van der Waals surface area contributed by atoms with Crippen LogP contribution in [0.2, 0.25) is 10.0 Å². The largest absolute Gasteiger partial charge is 0.371 e. The van der Waals surface area contributed by atoms with Crippen LogP contribution in [-0.2, 0) is 15.5 Å². The molecule has 3 rings (SSSR count). The topological polar surface area (TPSA) is 29.5 Å². The average molecular weight is 384 g/mol. The molecule has 1 saturated heterocycles. The van der Waals surface area contributed by atoms with Crippen molar-refractivity contribution in [2.45, 2.75) is 11.0 Å². The molecule has 0 spiro atoms. The standard InChI is InChI=1S/C18H19Cl2NO2S/c19-16-7-6-14(12-17(16)20)18-13-21(8-10-23-18)9-11-24(22)15-4-2-1-3-5-15/h1-7,12,18H,8-11,13H2. The Morgan fingerprint density at radius 2 is 1.92 bits per heavy atom. The maximum absolute atomic E-state index is 12.3. The highest BCUT2D eigenvalue weighted by atomic mass is 35.5. The number of rotatable bonds is 5. The summed E-state index contributed by atoms with van der Waals surface area (Å²) in [7, 11) is -0.969. The lowest BCUT2D eigenvalue weighted by molar-refractivity contribution is -0.0278. The second-order valence-electron chi connectivity index (χ2n) is 5.70. The van der Waals surface area contributed by atoms with Crippen molar-refractivity contribution in [1.29, 1.82) is 0 Å². The molecule has 0 saturated carbocycles. The van der Waals surface area contributed by atoms with Gasteiger partial charge in [0.15, 0.2) is 0 Å². The van der Waals surface area contributed by atoms with E-state index in [1.807, 2.05) is 42.5 Å². The molecule has 1 fully saturated rings. The van der Waals surface area contributed by atoms with Crippen molar-refractivity contribution in [2.24, 2.45) is 0 Å². The zero-order valence-corrected chi connectivity index (χ0v) is 15.5. The third kappa shape index (κ3) is 4.58. The maximum Gasteiger partial charge on any atom is 0.0952 e. The van der Waals surface area contributed by atoms with Gasteiger partial charge in [-0.3, -0.25) is 9.11 Å². The highest BCUT2D eigenvalue weighted by Crippen LogP contribution is 2.29. The number of benzene rings is 2. The van der Waals surface area contributed by atoms with Crippen LogP contribution in [0.25, 0.3) is 0 Å². The van der Waals surface area contributed by atoms with Crippen molar-refractivity contribution < 1.29 is 8.95 Å². The molecule has 0 radical (unpaired) electrons. The Labute approximate surface area is 155 Å². The summed E-state index contributed by atoms with van der Waals surface area (Å²) in [4.78, 5) is 3.17. The summed E-state index contributed by atoms with van der Waals surface area (Å²) in [6.07, 6.45) is -0.0290. The predicted octanol–water partition coefficient (Wildman–Crippen LogP) is 4.17. The van der Waals surface area contributed by atoms with Crippen LogP contribution in [0.15, 0.2) is 53.4 Å². The van der Waals surface area contributed by atoms with E-state index in [0.29, 0.717) is 22.4 Å². The van der Waals surface area contributed by atoms with Gasteiger partial charge in [-0.25, -0.2) is 0 Å². The first-order chi connectivity index (χ1) is 11.6. The Hall–Kier alpha value is -0.910. The van der Waals surface area contributed by atoms with Gasteiger partial charge in [-0.2, -0.15) is 0 Å². The van der Waals surface area contributed by atoms with E-state index in [9.17, 15) is 4.21 Å². The summed E-state index contributed by atoms with van der Waals surface area (Å²) < 4.78 is 18.2. The second-order valence-corrected chi connectivity index (χ2v) is 8.08. The van der Waals surface area contributed by atoms with E-state index >= 15 is 0 Å². The molecule has 0 N–H and O–H groups in total. The maximum atomic E-state index is 12.3. The van der Waals surface area contributed by atoms with E-state index in [2.05, 4.69) is 4.90 Å². The molecule has 2 unspecified atom stereocenters. The first-order valence-corrected chi connectivity index (χ1v) is 9.93. The summed E-state index contributed by atoms with van der Waals surface area (Å²) in [5.74, 6) is 0.623. The summed E-state index contributed by atoms with van der Waals surface area (Å²) in [5.41, 5.74) is 1.03. The number of hydrogen-bond donors (Lipinski definition) is 0. The second kappa shape index (κ2) is 8.45. The van der Waals surface area contributed by atoms with E-state index < -0.39 is 10.8 Å². The molecule has 1 aliphatic heterocycles. The minimum absolute atomic E-state index is 0.0290. The third-order valence-electron chi connectivity index (χ3n) is 4.07. The fourth-order valence-corrected chi connectivity index (χ4v) is 4.15. The lowest BCUT2D eigenvalue weighted by atomic mass is 10.1.